The third-order valence-corrected chi connectivity index (χ3v) is 3.13. The van der Waals surface area contributed by atoms with Crippen molar-refractivity contribution in [2.24, 2.45) is 0 Å². The van der Waals surface area contributed by atoms with Gasteiger partial charge in [0.25, 0.3) is 0 Å². The minimum absolute atomic E-state index is 0.903. The van der Waals surface area contributed by atoms with Crippen molar-refractivity contribution in [3.8, 4) is 0 Å². The van der Waals surface area contributed by atoms with Gasteiger partial charge in [0.1, 0.15) is 0 Å². The van der Waals surface area contributed by atoms with E-state index in [1.807, 2.05) is 31.2 Å². The van der Waals surface area contributed by atoms with Crippen LogP contribution in [0.15, 0.2) is 48.5 Å². The molecule has 0 bridgehead atoms. The molecule has 3 rings (SSSR count). The van der Waals surface area contributed by atoms with Gasteiger partial charge in [0, 0.05) is 11.1 Å². The highest BCUT2D eigenvalue weighted by atomic mass is 15.1. The van der Waals surface area contributed by atoms with Crippen LogP contribution >= 0.6 is 0 Å². The van der Waals surface area contributed by atoms with E-state index in [9.17, 15) is 0 Å². The van der Waals surface area contributed by atoms with Crippen molar-refractivity contribution in [2.45, 2.75) is 13.8 Å². The number of rotatable bonds is 2. The van der Waals surface area contributed by atoms with Crippen LogP contribution in [-0.2, 0) is 0 Å². The Labute approximate surface area is 112 Å². The molecular formula is C16H15N3. The van der Waals surface area contributed by atoms with Gasteiger partial charge in [0.15, 0.2) is 0 Å². The third kappa shape index (κ3) is 2.27. The molecule has 0 atom stereocenters. The maximum atomic E-state index is 4.21. The Morgan fingerprint density at radius 3 is 2.58 bits per heavy atom. The summed E-state index contributed by atoms with van der Waals surface area (Å²) in [4.78, 5) is 0. The molecule has 0 aliphatic carbocycles. The summed E-state index contributed by atoms with van der Waals surface area (Å²) in [6.45, 7) is 4.05. The number of hydrogen-bond donors (Lipinski definition) is 1. The summed E-state index contributed by atoms with van der Waals surface area (Å²) >= 11 is 0. The lowest BCUT2D eigenvalue weighted by molar-refractivity contribution is 1.02. The minimum atomic E-state index is 0.903. The van der Waals surface area contributed by atoms with Gasteiger partial charge < -0.3 is 5.32 Å². The van der Waals surface area contributed by atoms with Crippen LogP contribution in [0, 0.1) is 13.8 Å². The van der Waals surface area contributed by atoms with Crippen LogP contribution in [0.25, 0.3) is 10.9 Å². The lowest BCUT2D eigenvalue weighted by atomic mass is 10.1. The molecule has 0 saturated heterocycles. The fourth-order valence-electron chi connectivity index (χ4n) is 2.17. The van der Waals surface area contributed by atoms with Crippen LogP contribution in [0.4, 0.5) is 11.4 Å². The van der Waals surface area contributed by atoms with Gasteiger partial charge in [-0.2, -0.15) is 10.2 Å². The third-order valence-electron chi connectivity index (χ3n) is 3.13. The number of fused-ring (bicyclic) bond motifs is 1. The fourth-order valence-corrected chi connectivity index (χ4v) is 2.17. The number of benzene rings is 2. The zero-order valence-electron chi connectivity index (χ0n) is 11.0. The van der Waals surface area contributed by atoms with Gasteiger partial charge in [-0.15, -0.1) is 0 Å². The molecule has 3 aromatic rings. The summed E-state index contributed by atoms with van der Waals surface area (Å²) in [5, 5.41) is 13.0. The largest absolute Gasteiger partial charge is 0.353 e. The van der Waals surface area contributed by atoms with Crippen molar-refractivity contribution in [2.75, 3.05) is 5.32 Å². The predicted octanol–water partition coefficient (Wildman–Crippen LogP) is 3.99. The molecule has 19 heavy (non-hydrogen) atoms. The standard InChI is InChI=1S/C16H15N3/c1-11-6-5-7-13(10-11)17-16-12(2)18-19-15-9-4-3-8-14(15)16/h3-10H,1-2H3,(H,17,19). The minimum Gasteiger partial charge on any atom is -0.353 e. The molecule has 0 aliphatic rings. The summed E-state index contributed by atoms with van der Waals surface area (Å²) < 4.78 is 0. The van der Waals surface area contributed by atoms with Gasteiger partial charge in [0.05, 0.1) is 16.9 Å². The van der Waals surface area contributed by atoms with E-state index in [-0.39, 0.29) is 0 Å². The van der Waals surface area contributed by atoms with Gasteiger partial charge in [-0.25, -0.2) is 0 Å². The van der Waals surface area contributed by atoms with Crippen LogP contribution in [-0.4, -0.2) is 10.2 Å². The number of nitrogens with one attached hydrogen (secondary N) is 1. The van der Waals surface area contributed by atoms with E-state index in [1.54, 1.807) is 0 Å². The summed E-state index contributed by atoms with van der Waals surface area (Å²) in [7, 11) is 0. The molecule has 2 aromatic carbocycles. The first-order chi connectivity index (χ1) is 9.24. The van der Waals surface area contributed by atoms with Gasteiger partial charge in [-0.3, -0.25) is 0 Å². The second kappa shape index (κ2) is 4.69. The molecule has 0 saturated carbocycles. The van der Waals surface area contributed by atoms with Crippen molar-refractivity contribution in [3.63, 3.8) is 0 Å². The first-order valence-electron chi connectivity index (χ1n) is 6.30. The maximum Gasteiger partial charge on any atom is 0.0950 e. The molecule has 0 amide bonds. The van der Waals surface area contributed by atoms with E-state index in [2.05, 4.69) is 46.7 Å². The Hall–Kier alpha value is -2.42. The van der Waals surface area contributed by atoms with Crippen molar-refractivity contribution < 1.29 is 0 Å². The number of aromatic nitrogens is 2. The molecule has 3 nitrogen and oxygen atoms in total. The van der Waals surface area contributed by atoms with E-state index in [0.717, 1.165) is 28.0 Å². The maximum absolute atomic E-state index is 4.21. The highest BCUT2D eigenvalue weighted by Gasteiger charge is 2.07. The number of aryl methyl sites for hydroxylation is 2. The molecular weight excluding hydrogens is 234 g/mol. The second-order valence-corrected chi connectivity index (χ2v) is 4.67. The molecule has 94 valence electrons. The highest BCUT2D eigenvalue weighted by Crippen LogP contribution is 2.27. The van der Waals surface area contributed by atoms with Crippen molar-refractivity contribution >= 4 is 22.3 Å². The van der Waals surface area contributed by atoms with Gasteiger partial charge in [0.2, 0.25) is 0 Å². The molecule has 1 aromatic heterocycles. The number of hydrogen-bond acceptors (Lipinski definition) is 3. The first kappa shape index (κ1) is 11.7. The van der Waals surface area contributed by atoms with Crippen molar-refractivity contribution in [3.05, 3.63) is 59.8 Å². The van der Waals surface area contributed by atoms with Crippen molar-refractivity contribution in [1.82, 2.24) is 10.2 Å². The monoisotopic (exact) mass is 249 g/mol. The highest BCUT2D eigenvalue weighted by molar-refractivity contribution is 5.93. The Morgan fingerprint density at radius 1 is 0.895 bits per heavy atom. The average Bonchev–Trinajstić information content (AvgIpc) is 2.42. The van der Waals surface area contributed by atoms with Crippen LogP contribution in [0.5, 0.6) is 0 Å². The molecule has 0 radical (unpaired) electrons. The smallest absolute Gasteiger partial charge is 0.0950 e. The van der Waals surface area contributed by atoms with Gasteiger partial charge in [-0.1, -0.05) is 30.3 Å². The van der Waals surface area contributed by atoms with E-state index < -0.39 is 0 Å². The topological polar surface area (TPSA) is 37.8 Å². The Morgan fingerprint density at radius 2 is 1.74 bits per heavy atom. The molecule has 1 heterocycles. The lowest BCUT2D eigenvalue weighted by Gasteiger charge is -2.11. The van der Waals surface area contributed by atoms with E-state index >= 15 is 0 Å². The molecule has 1 N–H and O–H groups in total. The molecule has 0 unspecified atom stereocenters. The van der Waals surface area contributed by atoms with Gasteiger partial charge >= 0.3 is 0 Å². The van der Waals surface area contributed by atoms with E-state index in [1.165, 1.54) is 5.56 Å². The fraction of sp³-hybridized carbons (Fsp3) is 0.125. The zero-order chi connectivity index (χ0) is 13.2. The lowest BCUT2D eigenvalue weighted by Crippen LogP contribution is -1.99. The number of anilines is 2. The van der Waals surface area contributed by atoms with E-state index in [0.29, 0.717) is 0 Å². The van der Waals surface area contributed by atoms with E-state index in [4.69, 9.17) is 0 Å². The molecule has 0 aliphatic heterocycles. The second-order valence-electron chi connectivity index (χ2n) is 4.67. The SMILES string of the molecule is Cc1cccc(Nc2c(C)nnc3ccccc23)c1. The average molecular weight is 249 g/mol. The van der Waals surface area contributed by atoms with Crippen molar-refractivity contribution in [1.29, 1.82) is 0 Å². The summed E-state index contributed by atoms with van der Waals surface area (Å²) in [5.74, 6) is 0. The molecule has 0 fully saturated rings. The Kier molecular flexibility index (Phi) is 2.88. The number of nitrogens with zero attached hydrogens (tertiary/aromatic N) is 2. The summed E-state index contributed by atoms with van der Waals surface area (Å²) in [5.41, 5.74) is 5.13. The van der Waals surface area contributed by atoms with Crippen LogP contribution < -0.4 is 5.32 Å². The quantitative estimate of drug-likeness (QED) is 0.746. The zero-order valence-corrected chi connectivity index (χ0v) is 11.0. The van der Waals surface area contributed by atoms with Crippen LogP contribution in [0.3, 0.4) is 0 Å². The van der Waals surface area contributed by atoms with Crippen LogP contribution in [0.1, 0.15) is 11.3 Å². The predicted molar refractivity (Wildman–Crippen MR) is 78.7 cm³/mol. The molecule has 0 spiro atoms. The van der Waals surface area contributed by atoms with Gasteiger partial charge in [-0.05, 0) is 37.6 Å². The summed E-state index contributed by atoms with van der Waals surface area (Å²) in [6, 6.07) is 16.3. The Bertz CT molecular complexity index is 735. The normalized spacial score (nSPS) is 10.6. The summed E-state index contributed by atoms with van der Waals surface area (Å²) in [6.07, 6.45) is 0. The first-order valence-corrected chi connectivity index (χ1v) is 6.30. The Balaban J connectivity index is 2.12. The van der Waals surface area contributed by atoms with Crippen LogP contribution in [0.2, 0.25) is 0 Å². The molecule has 3 heteroatoms.